The topological polar surface area (TPSA) is 93.4 Å². The van der Waals surface area contributed by atoms with Gasteiger partial charge in [0.25, 0.3) is 0 Å². The summed E-state index contributed by atoms with van der Waals surface area (Å²) in [5.41, 5.74) is 5.13. The molecule has 2 aliphatic rings. The van der Waals surface area contributed by atoms with Crippen LogP contribution < -0.4 is 15.4 Å². The van der Waals surface area contributed by atoms with Crippen LogP contribution in [-0.4, -0.2) is 25.3 Å². The maximum absolute atomic E-state index is 12.8. The molecule has 3 heterocycles. The van der Waals surface area contributed by atoms with Crippen molar-refractivity contribution in [2.45, 2.75) is 44.2 Å². The van der Waals surface area contributed by atoms with Gasteiger partial charge in [0.05, 0.1) is 12.2 Å². The summed E-state index contributed by atoms with van der Waals surface area (Å²) in [6.07, 6.45) is 8.85. The molecule has 2 fully saturated rings. The van der Waals surface area contributed by atoms with Gasteiger partial charge in [-0.25, -0.2) is 15.0 Å². The van der Waals surface area contributed by atoms with Gasteiger partial charge in [-0.05, 0) is 66.0 Å². The molecule has 1 unspecified atom stereocenters. The normalized spacial score (nSPS) is 17.8. The lowest BCUT2D eigenvalue weighted by molar-refractivity contribution is -0.117. The number of halogens is 1. The molecule has 0 bridgehead atoms. The van der Waals surface area contributed by atoms with Crippen LogP contribution in [0.15, 0.2) is 85.5 Å². The van der Waals surface area contributed by atoms with E-state index in [-0.39, 0.29) is 17.7 Å². The molecule has 0 aliphatic heterocycles. The van der Waals surface area contributed by atoms with Crippen LogP contribution in [0.25, 0.3) is 5.65 Å². The van der Waals surface area contributed by atoms with E-state index in [1.54, 1.807) is 6.07 Å². The zero-order chi connectivity index (χ0) is 27.8. The van der Waals surface area contributed by atoms with Crippen molar-refractivity contribution in [3.63, 3.8) is 0 Å². The number of aromatic nitrogens is 4. The largest absolute Gasteiger partial charge is 0.485 e. The molecule has 9 heteroatoms. The number of hydrogen-bond donors (Lipinski definition) is 2. The molecule has 2 N–H and O–H groups in total. The van der Waals surface area contributed by atoms with Gasteiger partial charge in [-0.3, -0.25) is 4.79 Å². The van der Waals surface area contributed by atoms with Gasteiger partial charge >= 0.3 is 0 Å². The summed E-state index contributed by atoms with van der Waals surface area (Å²) in [4.78, 5) is 26.3. The molecule has 41 heavy (non-hydrogen) atoms. The number of rotatable bonds is 10. The molecule has 206 valence electrons. The molecule has 8 nitrogen and oxygen atoms in total. The highest BCUT2D eigenvalue weighted by molar-refractivity contribution is 6.30. The summed E-state index contributed by atoms with van der Waals surface area (Å²) >= 11 is 6.12. The fourth-order valence-electron chi connectivity index (χ4n) is 5.22. The SMILES string of the molecule is O=C(Nc1cc(NCc2cn3cc(C4CC4)cc(OCc4ccccc4)c3n2)ncn1)[C@H]1CC1c1cccc(Cl)c1. The van der Waals surface area contributed by atoms with Crippen LogP contribution >= 0.6 is 11.6 Å². The van der Waals surface area contributed by atoms with E-state index in [1.807, 2.05) is 48.7 Å². The first-order chi connectivity index (χ1) is 20.1. The molecule has 7 rings (SSSR count). The predicted molar refractivity (Wildman–Crippen MR) is 158 cm³/mol. The van der Waals surface area contributed by atoms with Crippen LogP contribution in [-0.2, 0) is 17.9 Å². The van der Waals surface area contributed by atoms with E-state index in [0.717, 1.165) is 34.6 Å². The second-order valence-electron chi connectivity index (χ2n) is 10.8. The predicted octanol–water partition coefficient (Wildman–Crippen LogP) is 6.59. The third-order valence-corrected chi connectivity index (χ3v) is 7.88. The molecular formula is C32H29ClN6O2. The minimum atomic E-state index is -0.0864. The summed E-state index contributed by atoms with van der Waals surface area (Å²) in [6.45, 7) is 0.948. The van der Waals surface area contributed by atoms with E-state index in [0.29, 0.717) is 35.7 Å². The van der Waals surface area contributed by atoms with Crippen molar-refractivity contribution in [2.75, 3.05) is 10.6 Å². The molecule has 2 saturated carbocycles. The van der Waals surface area contributed by atoms with Crippen molar-refractivity contribution in [1.82, 2.24) is 19.4 Å². The summed E-state index contributed by atoms with van der Waals surface area (Å²) in [5, 5.41) is 6.94. The van der Waals surface area contributed by atoms with Crippen molar-refractivity contribution >= 4 is 34.8 Å². The third-order valence-electron chi connectivity index (χ3n) is 7.65. The Kier molecular flexibility index (Phi) is 6.76. The molecule has 0 radical (unpaired) electrons. The Morgan fingerprint density at radius 1 is 0.976 bits per heavy atom. The van der Waals surface area contributed by atoms with E-state index < -0.39 is 0 Å². The summed E-state index contributed by atoms with van der Waals surface area (Å²) in [5.74, 6) is 2.50. The monoisotopic (exact) mass is 564 g/mol. The molecule has 2 aliphatic carbocycles. The molecule has 0 saturated heterocycles. The van der Waals surface area contributed by atoms with Crippen molar-refractivity contribution in [1.29, 1.82) is 0 Å². The Bertz CT molecular complexity index is 1720. The number of carbonyl (C=O) groups excluding carboxylic acids is 1. The van der Waals surface area contributed by atoms with Gasteiger partial charge in [-0.2, -0.15) is 0 Å². The van der Waals surface area contributed by atoms with Crippen LogP contribution in [0.2, 0.25) is 5.02 Å². The van der Waals surface area contributed by atoms with Gasteiger partial charge in [-0.15, -0.1) is 0 Å². The number of amides is 1. The lowest BCUT2D eigenvalue weighted by Crippen LogP contribution is -2.16. The molecule has 3 aromatic heterocycles. The molecule has 5 aromatic rings. The van der Waals surface area contributed by atoms with Crippen LogP contribution in [0.3, 0.4) is 0 Å². The van der Waals surface area contributed by atoms with Crippen molar-refractivity contribution in [3.8, 4) is 5.75 Å². The zero-order valence-electron chi connectivity index (χ0n) is 22.3. The first kappa shape index (κ1) is 25.5. The number of benzene rings is 2. The molecule has 2 aromatic carbocycles. The number of hydrogen-bond acceptors (Lipinski definition) is 6. The van der Waals surface area contributed by atoms with Gasteiger partial charge in [0.2, 0.25) is 5.91 Å². The van der Waals surface area contributed by atoms with Crippen LogP contribution in [0.5, 0.6) is 5.75 Å². The Balaban J connectivity index is 1.01. The van der Waals surface area contributed by atoms with Crippen LogP contribution in [0.1, 0.15) is 53.5 Å². The highest BCUT2D eigenvalue weighted by atomic mass is 35.5. The number of ether oxygens (including phenoxy) is 1. The fourth-order valence-corrected chi connectivity index (χ4v) is 5.42. The Morgan fingerprint density at radius 3 is 2.66 bits per heavy atom. The number of fused-ring (bicyclic) bond motifs is 1. The zero-order valence-corrected chi connectivity index (χ0v) is 23.1. The fraction of sp³-hybridized carbons (Fsp3) is 0.250. The van der Waals surface area contributed by atoms with E-state index in [4.69, 9.17) is 21.3 Å². The van der Waals surface area contributed by atoms with Crippen molar-refractivity contribution < 1.29 is 9.53 Å². The minimum Gasteiger partial charge on any atom is -0.485 e. The van der Waals surface area contributed by atoms with E-state index >= 15 is 0 Å². The molecule has 2 atom stereocenters. The summed E-state index contributed by atoms with van der Waals surface area (Å²) < 4.78 is 8.31. The summed E-state index contributed by atoms with van der Waals surface area (Å²) in [6, 6.07) is 21.7. The Morgan fingerprint density at radius 2 is 1.83 bits per heavy atom. The quantitative estimate of drug-likeness (QED) is 0.199. The maximum Gasteiger partial charge on any atom is 0.229 e. The lowest BCUT2D eigenvalue weighted by Gasteiger charge is -2.10. The Hall–Kier alpha value is -4.43. The number of anilines is 2. The second kappa shape index (κ2) is 10.9. The van der Waals surface area contributed by atoms with Crippen LogP contribution in [0.4, 0.5) is 11.6 Å². The average Bonchev–Trinajstić information content (AvgIpc) is 3.92. The van der Waals surface area contributed by atoms with E-state index in [9.17, 15) is 4.79 Å². The standard InChI is InChI=1S/C32H29ClN6O2/c33-24-8-4-7-22(11-24)26-13-27(26)32(40)38-30-14-29(35-19-36-30)34-15-25-17-39-16-23(21-9-10-21)12-28(31(39)37-25)41-18-20-5-2-1-3-6-20/h1-8,11-12,14,16-17,19,21,26-27H,9-10,13,15,18H2,(H2,34,35,36,38,40)/t26?,27-/m0/s1. The second-order valence-corrected chi connectivity index (χ2v) is 11.2. The van der Waals surface area contributed by atoms with Crippen molar-refractivity contribution in [2.24, 2.45) is 5.92 Å². The number of imidazole rings is 1. The molecule has 0 spiro atoms. The highest BCUT2D eigenvalue weighted by Gasteiger charge is 2.44. The van der Waals surface area contributed by atoms with Gasteiger partial charge in [0.1, 0.15) is 24.6 Å². The van der Waals surface area contributed by atoms with Crippen LogP contribution in [0, 0.1) is 5.92 Å². The number of pyridine rings is 1. The van der Waals surface area contributed by atoms with Gasteiger partial charge in [0, 0.05) is 29.4 Å². The van der Waals surface area contributed by atoms with Gasteiger partial charge in [0.15, 0.2) is 11.4 Å². The lowest BCUT2D eigenvalue weighted by atomic mass is 10.1. The highest BCUT2D eigenvalue weighted by Crippen LogP contribution is 2.48. The third kappa shape index (κ3) is 5.88. The number of nitrogens with one attached hydrogen (secondary N) is 2. The maximum atomic E-state index is 12.8. The minimum absolute atomic E-state index is 0.0468. The molecule has 1 amide bonds. The smallest absolute Gasteiger partial charge is 0.229 e. The Labute approximate surface area is 242 Å². The van der Waals surface area contributed by atoms with E-state index in [2.05, 4.69) is 49.4 Å². The first-order valence-electron chi connectivity index (χ1n) is 13.9. The first-order valence-corrected chi connectivity index (χ1v) is 14.3. The number of carbonyl (C=O) groups is 1. The number of nitrogens with zero attached hydrogens (tertiary/aromatic N) is 4. The van der Waals surface area contributed by atoms with E-state index in [1.165, 1.54) is 24.7 Å². The van der Waals surface area contributed by atoms with Gasteiger partial charge < -0.3 is 19.8 Å². The summed E-state index contributed by atoms with van der Waals surface area (Å²) in [7, 11) is 0. The molecular weight excluding hydrogens is 536 g/mol. The average molecular weight is 565 g/mol. The van der Waals surface area contributed by atoms with Crippen molar-refractivity contribution in [3.05, 3.63) is 113 Å². The van der Waals surface area contributed by atoms with Gasteiger partial charge in [-0.1, -0.05) is 54.1 Å².